The number of nitrogens with zero attached hydrogens (tertiary/aromatic N) is 2. The van der Waals surface area contributed by atoms with Crippen molar-refractivity contribution in [2.24, 2.45) is 0 Å². The molecule has 0 fully saturated rings. The molecule has 0 bridgehead atoms. The zero-order valence-electron chi connectivity index (χ0n) is 37.1. The molecule has 0 aliphatic heterocycles. The molecule has 68 heavy (non-hydrogen) atoms. The first kappa shape index (κ1) is 39.7. The van der Waals surface area contributed by atoms with Gasteiger partial charge in [0.2, 0.25) is 0 Å². The van der Waals surface area contributed by atoms with Crippen LogP contribution in [0.4, 0.5) is 0 Å². The molecule has 0 amide bonds. The molecule has 0 radical (unpaired) electrons. The Morgan fingerprint density at radius 3 is 1.35 bits per heavy atom. The van der Waals surface area contributed by atoms with Gasteiger partial charge in [-0.1, -0.05) is 206 Å². The number of aromatic nitrogens is 2. The molecule has 0 aliphatic rings. The Morgan fingerprint density at radius 1 is 0.265 bits per heavy atom. The highest BCUT2D eigenvalue weighted by Gasteiger charge is 2.19. The minimum absolute atomic E-state index is 0.875. The fraction of sp³-hybridized carbons (Fsp3) is 0. The van der Waals surface area contributed by atoms with Crippen molar-refractivity contribution in [1.29, 1.82) is 0 Å². The lowest BCUT2D eigenvalue weighted by Crippen LogP contribution is -2.00. The molecule has 0 aliphatic carbocycles. The van der Waals surface area contributed by atoms with Gasteiger partial charge in [0.25, 0.3) is 0 Å². The van der Waals surface area contributed by atoms with Gasteiger partial charge in [0.1, 0.15) is 5.82 Å². The Balaban J connectivity index is 0.947. The van der Waals surface area contributed by atoms with E-state index in [1.54, 1.807) is 0 Å². The maximum atomic E-state index is 5.51. The summed E-state index contributed by atoms with van der Waals surface area (Å²) in [5.41, 5.74) is 18.5. The van der Waals surface area contributed by atoms with Crippen LogP contribution in [0.2, 0.25) is 0 Å². The van der Waals surface area contributed by atoms with Crippen molar-refractivity contribution in [3.8, 4) is 83.8 Å². The quantitative estimate of drug-likeness (QED) is 0.149. The highest BCUT2D eigenvalue weighted by Crippen LogP contribution is 2.43. The van der Waals surface area contributed by atoms with E-state index >= 15 is 0 Å². The third-order valence-electron chi connectivity index (χ3n) is 13.5. The molecule has 10 aromatic carbocycles. The van der Waals surface area contributed by atoms with Crippen molar-refractivity contribution < 1.29 is 0 Å². The molecule has 13 aromatic rings. The smallest absolute Gasteiger partial charge is 0.138 e. The summed E-state index contributed by atoms with van der Waals surface area (Å²) in [6, 6.07) is 92.5. The lowest BCUT2D eigenvalue weighted by Gasteiger charge is -2.16. The summed E-state index contributed by atoms with van der Waals surface area (Å²) in [5.74, 6) is 0.875. The van der Waals surface area contributed by atoms with E-state index < -0.39 is 0 Å². The van der Waals surface area contributed by atoms with Crippen LogP contribution in [-0.2, 0) is 0 Å². The molecule has 0 spiro atoms. The monoisotopic (exact) mass is 882 g/mol. The molecule has 3 heterocycles. The minimum Gasteiger partial charge on any atom is -0.294 e. The molecule has 0 unspecified atom stereocenters. The highest BCUT2D eigenvalue weighted by molar-refractivity contribution is 7.25. The lowest BCUT2D eigenvalue weighted by atomic mass is 9.89. The van der Waals surface area contributed by atoms with Crippen LogP contribution in [0.15, 0.2) is 255 Å². The molecule has 3 heteroatoms. The van der Waals surface area contributed by atoms with Crippen molar-refractivity contribution in [2.75, 3.05) is 0 Å². The summed E-state index contributed by atoms with van der Waals surface area (Å²) < 4.78 is 4.99. The summed E-state index contributed by atoms with van der Waals surface area (Å²) in [6.45, 7) is 0. The number of hydrogen-bond donors (Lipinski definition) is 0. The van der Waals surface area contributed by atoms with Gasteiger partial charge < -0.3 is 0 Å². The Hall–Kier alpha value is -8.63. The first-order valence-electron chi connectivity index (χ1n) is 23.2. The molecule has 0 saturated heterocycles. The van der Waals surface area contributed by atoms with E-state index in [9.17, 15) is 0 Å². The second kappa shape index (κ2) is 16.7. The fourth-order valence-electron chi connectivity index (χ4n) is 10.1. The number of hydrogen-bond acceptors (Lipinski definition) is 2. The Morgan fingerprint density at radius 2 is 0.706 bits per heavy atom. The zero-order valence-corrected chi connectivity index (χ0v) is 37.9. The van der Waals surface area contributed by atoms with Crippen molar-refractivity contribution in [1.82, 2.24) is 9.55 Å². The van der Waals surface area contributed by atoms with Gasteiger partial charge in [-0.3, -0.25) is 4.57 Å². The van der Waals surface area contributed by atoms with Gasteiger partial charge in [0.05, 0.1) is 16.7 Å². The zero-order chi connectivity index (χ0) is 45.0. The first-order chi connectivity index (χ1) is 33.7. The van der Waals surface area contributed by atoms with Crippen LogP contribution in [-0.4, -0.2) is 9.55 Å². The summed E-state index contributed by atoms with van der Waals surface area (Å²) in [6.07, 6.45) is 0. The molecule has 0 N–H and O–H groups in total. The van der Waals surface area contributed by atoms with Gasteiger partial charge in [-0.15, -0.1) is 11.3 Å². The fourth-order valence-corrected chi connectivity index (χ4v) is 11.2. The standard InChI is InChI=1S/C65H42N2S/c1-3-15-43(16-4-1)45-27-29-47(30-28-45)51-41-60(48-33-31-46(32-34-48)44-17-5-2-6-18-44)66-65(42-51)67-61-25-13-11-23-56(61)58-39-49(35-37-62(58)67)52-19-7-9-21-54(52)55-22-10-8-20-53(55)50-36-38-64-59(40-50)57-24-12-14-26-63(57)68-64/h1-42H. The Labute approximate surface area is 399 Å². The van der Waals surface area contributed by atoms with Gasteiger partial charge in [0, 0.05) is 36.5 Å². The molecule has 13 rings (SSSR count). The van der Waals surface area contributed by atoms with Crippen LogP contribution in [0.3, 0.4) is 0 Å². The van der Waals surface area contributed by atoms with Gasteiger partial charge in [0.15, 0.2) is 0 Å². The Kier molecular flexibility index (Phi) is 9.73. The van der Waals surface area contributed by atoms with Gasteiger partial charge in [-0.2, -0.15) is 0 Å². The van der Waals surface area contributed by atoms with E-state index in [4.69, 9.17) is 4.98 Å². The first-order valence-corrected chi connectivity index (χ1v) is 24.0. The van der Waals surface area contributed by atoms with E-state index in [1.807, 2.05) is 11.3 Å². The predicted molar refractivity (Wildman–Crippen MR) is 290 cm³/mol. The molecule has 0 atom stereocenters. The van der Waals surface area contributed by atoms with E-state index in [0.717, 1.165) is 39.2 Å². The van der Waals surface area contributed by atoms with Crippen LogP contribution in [0.25, 0.3) is 126 Å². The van der Waals surface area contributed by atoms with Crippen LogP contribution in [0.1, 0.15) is 0 Å². The SMILES string of the molecule is c1ccc(-c2ccc(-c3cc(-c4ccc(-c5ccccc5)cc4)nc(-n4c5ccccc5c5cc(-c6ccccc6-c6ccccc6-c6ccc7sc8ccccc8c7c6)ccc54)c3)cc2)cc1. The largest absolute Gasteiger partial charge is 0.294 e. The van der Waals surface area contributed by atoms with E-state index in [2.05, 4.69) is 259 Å². The number of fused-ring (bicyclic) bond motifs is 6. The maximum absolute atomic E-state index is 5.51. The number of thiophene rings is 1. The Bertz CT molecular complexity index is 3890. The van der Waals surface area contributed by atoms with Crippen LogP contribution in [0, 0.1) is 0 Å². The average molecular weight is 883 g/mol. The number of rotatable bonds is 8. The van der Waals surface area contributed by atoms with E-state index in [-0.39, 0.29) is 0 Å². The van der Waals surface area contributed by atoms with Crippen molar-refractivity contribution in [2.45, 2.75) is 0 Å². The maximum Gasteiger partial charge on any atom is 0.138 e. The normalized spacial score (nSPS) is 11.5. The lowest BCUT2D eigenvalue weighted by molar-refractivity contribution is 1.08. The molecule has 0 saturated carbocycles. The van der Waals surface area contributed by atoms with Gasteiger partial charge in [-0.25, -0.2) is 4.98 Å². The molecule has 2 nitrogen and oxygen atoms in total. The predicted octanol–water partition coefficient (Wildman–Crippen LogP) is 18.2. The van der Waals surface area contributed by atoms with Crippen molar-refractivity contribution in [3.63, 3.8) is 0 Å². The summed E-state index contributed by atoms with van der Waals surface area (Å²) >= 11 is 1.86. The topological polar surface area (TPSA) is 17.8 Å². The second-order valence-electron chi connectivity index (χ2n) is 17.5. The third kappa shape index (κ3) is 7.00. The van der Waals surface area contributed by atoms with E-state index in [0.29, 0.717) is 0 Å². The average Bonchev–Trinajstić information content (AvgIpc) is 3.96. The number of pyridine rings is 1. The molecular formula is C65H42N2S. The summed E-state index contributed by atoms with van der Waals surface area (Å²) in [7, 11) is 0. The van der Waals surface area contributed by atoms with Gasteiger partial charge >= 0.3 is 0 Å². The molecule has 318 valence electrons. The van der Waals surface area contributed by atoms with Crippen molar-refractivity contribution >= 4 is 53.3 Å². The van der Waals surface area contributed by atoms with Crippen LogP contribution >= 0.6 is 11.3 Å². The summed E-state index contributed by atoms with van der Waals surface area (Å²) in [5, 5.41) is 4.99. The minimum atomic E-state index is 0.875. The van der Waals surface area contributed by atoms with Crippen LogP contribution in [0.5, 0.6) is 0 Å². The second-order valence-corrected chi connectivity index (χ2v) is 18.6. The third-order valence-corrected chi connectivity index (χ3v) is 14.6. The number of para-hydroxylation sites is 1. The van der Waals surface area contributed by atoms with Gasteiger partial charge in [-0.05, 0) is 115 Å². The highest BCUT2D eigenvalue weighted by atomic mass is 32.1. The summed E-state index contributed by atoms with van der Waals surface area (Å²) in [4.78, 5) is 5.51. The van der Waals surface area contributed by atoms with Crippen molar-refractivity contribution in [3.05, 3.63) is 255 Å². The molecule has 3 aromatic heterocycles. The molecular weight excluding hydrogens is 841 g/mol. The number of benzene rings is 10. The van der Waals surface area contributed by atoms with Crippen LogP contribution < -0.4 is 0 Å². The van der Waals surface area contributed by atoms with E-state index in [1.165, 1.54) is 86.6 Å².